The molecule has 5 nitrogen and oxygen atoms in total. The summed E-state index contributed by atoms with van der Waals surface area (Å²) in [5.74, 6) is -0.437. The van der Waals surface area contributed by atoms with E-state index >= 15 is 0 Å². The number of hydrogen-bond donors (Lipinski definition) is 0. The number of ether oxygens (including phenoxy) is 1. The number of para-hydroxylation sites is 1. The highest BCUT2D eigenvalue weighted by atomic mass is 35.5. The van der Waals surface area contributed by atoms with Gasteiger partial charge in [0.15, 0.2) is 5.69 Å². The molecule has 5 rings (SSSR count). The van der Waals surface area contributed by atoms with Crippen LogP contribution in [-0.4, -0.2) is 26.9 Å². The Balaban J connectivity index is 1.61. The lowest BCUT2D eigenvalue weighted by Gasteiger charge is -2.07. The Bertz CT molecular complexity index is 1490. The van der Waals surface area contributed by atoms with Gasteiger partial charge in [-0.2, -0.15) is 5.10 Å². The van der Waals surface area contributed by atoms with Crippen molar-refractivity contribution < 1.29 is 9.53 Å². The van der Waals surface area contributed by atoms with Crippen molar-refractivity contribution in [2.45, 2.75) is 20.0 Å². The van der Waals surface area contributed by atoms with Gasteiger partial charge in [0, 0.05) is 39.3 Å². The molecule has 2 heterocycles. The minimum Gasteiger partial charge on any atom is -0.461 e. The summed E-state index contributed by atoms with van der Waals surface area (Å²) >= 11 is 12.1. The number of aromatic nitrogens is 3. The molecule has 0 aliphatic rings. The molecule has 0 saturated heterocycles. The molecule has 0 unspecified atom stereocenters. The topological polar surface area (TPSA) is 49.0 Å². The number of halogens is 2. The molecule has 0 radical (unpaired) electrons. The first kappa shape index (κ1) is 23.2. The van der Waals surface area contributed by atoms with E-state index in [0.717, 1.165) is 33.3 Å². The van der Waals surface area contributed by atoms with Crippen LogP contribution in [-0.2, 0) is 17.8 Å². The summed E-state index contributed by atoms with van der Waals surface area (Å²) in [6.07, 6.45) is 2.11. The number of carbonyl (C=O) groups excluding carboxylic acids is 1. The van der Waals surface area contributed by atoms with Crippen LogP contribution in [0.15, 0.2) is 85.1 Å². The molecule has 0 spiro atoms. The number of esters is 1. The lowest BCUT2D eigenvalue weighted by atomic mass is 10.1. The molecular formula is C28H23Cl2N3O2. The molecule has 35 heavy (non-hydrogen) atoms. The largest absolute Gasteiger partial charge is 0.461 e. The standard InChI is InChI=1S/C28H23Cl2N3O2/c1-2-35-28(34)25-15-27(33(31-25)17-20-9-13-22(30)14-10-20)24-18-32(26-6-4-3-5-23(24)26)16-19-7-11-21(29)12-8-19/h3-15,18H,2,16-17H2,1H3. The van der Waals surface area contributed by atoms with E-state index in [9.17, 15) is 4.79 Å². The summed E-state index contributed by atoms with van der Waals surface area (Å²) in [6, 6.07) is 25.5. The van der Waals surface area contributed by atoms with Gasteiger partial charge in [-0.1, -0.05) is 65.7 Å². The Kier molecular flexibility index (Phi) is 6.62. The average Bonchev–Trinajstić information content (AvgIpc) is 3.44. The normalized spacial score (nSPS) is 11.2. The lowest BCUT2D eigenvalue weighted by molar-refractivity contribution is 0.0518. The van der Waals surface area contributed by atoms with Crippen molar-refractivity contribution in [3.05, 3.63) is 112 Å². The van der Waals surface area contributed by atoms with Gasteiger partial charge in [0.05, 0.1) is 18.8 Å². The molecule has 7 heteroatoms. The quantitative estimate of drug-likeness (QED) is 0.223. The van der Waals surface area contributed by atoms with Crippen molar-refractivity contribution >= 4 is 40.1 Å². The van der Waals surface area contributed by atoms with Crippen molar-refractivity contribution in [2.24, 2.45) is 0 Å². The van der Waals surface area contributed by atoms with E-state index in [1.54, 1.807) is 6.92 Å². The Morgan fingerprint density at radius 2 is 1.51 bits per heavy atom. The number of fused-ring (bicyclic) bond motifs is 1. The molecule has 176 valence electrons. The van der Waals surface area contributed by atoms with Gasteiger partial charge in [-0.05, 0) is 54.4 Å². The van der Waals surface area contributed by atoms with Crippen LogP contribution in [0.25, 0.3) is 22.2 Å². The molecule has 0 fully saturated rings. The minimum absolute atomic E-state index is 0.283. The average molecular weight is 504 g/mol. The van der Waals surface area contributed by atoms with Crippen LogP contribution in [0, 0.1) is 0 Å². The van der Waals surface area contributed by atoms with Crippen molar-refractivity contribution in [1.29, 1.82) is 0 Å². The summed E-state index contributed by atoms with van der Waals surface area (Å²) in [4.78, 5) is 12.5. The summed E-state index contributed by atoms with van der Waals surface area (Å²) < 4.78 is 9.29. The molecular weight excluding hydrogens is 481 g/mol. The molecule has 2 aromatic heterocycles. The molecule has 0 saturated carbocycles. The van der Waals surface area contributed by atoms with Gasteiger partial charge in [0.1, 0.15) is 0 Å². The van der Waals surface area contributed by atoms with Gasteiger partial charge < -0.3 is 9.30 Å². The van der Waals surface area contributed by atoms with E-state index in [4.69, 9.17) is 27.9 Å². The fourth-order valence-electron chi connectivity index (χ4n) is 4.19. The second kappa shape index (κ2) is 9.98. The van der Waals surface area contributed by atoms with E-state index in [-0.39, 0.29) is 5.69 Å². The first-order valence-electron chi connectivity index (χ1n) is 11.3. The highest BCUT2D eigenvalue weighted by Crippen LogP contribution is 2.32. The van der Waals surface area contributed by atoms with Crippen LogP contribution >= 0.6 is 23.2 Å². The zero-order chi connectivity index (χ0) is 24.4. The number of carbonyl (C=O) groups is 1. The predicted molar refractivity (Wildman–Crippen MR) is 140 cm³/mol. The van der Waals surface area contributed by atoms with E-state index in [1.165, 1.54) is 0 Å². The van der Waals surface area contributed by atoms with E-state index in [1.807, 2.05) is 71.4 Å². The predicted octanol–water partition coefficient (Wildman–Crippen LogP) is 7.08. The summed E-state index contributed by atoms with van der Waals surface area (Å²) in [5, 5.41) is 7.08. The Labute approximate surface area is 213 Å². The first-order valence-corrected chi connectivity index (χ1v) is 12.1. The van der Waals surface area contributed by atoms with Crippen molar-refractivity contribution in [2.75, 3.05) is 6.61 Å². The van der Waals surface area contributed by atoms with Crippen molar-refractivity contribution in [1.82, 2.24) is 14.3 Å². The summed E-state index contributed by atoms with van der Waals surface area (Å²) in [7, 11) is 0. The summed E-state index contributed by atoms with van der Waals surface area (Å²) in [6.45, 7) is 3.25. The van der Waals surface area contributed by atoms with E-state index < -0.39 is 5.97 Å². The third kappa shape index (κ3) is 4.97. The Morgan fingerprint density at radius 3 is 2.17 bits per heavy atom. The van der Waals surface area contributed by atoms with Crippen LogP contribution < -0.4 is 0 Å². The maximum atomic E-state index is 12.5. The van der Waals surface area contributed by atoms with Gasteiger partial charge >= 0.3 is 5.97 Å². The maximum absolute atomic E-state index is 12.5. The zero-order valence-electron chi connectivity index (χ0n) is 19.1. The molecule has 0 aliphatic heterocycles. The van der Waals surface area contributed by atoms with Crippen LogP contribution in [0.4, 0.5) is 0 Å². The van der Waals surface area contributed by atoms with Gasteiger partial charge in [0.25, 0.3) is 0 Å². The minimum atomic E-state index is -0.437. The van der Waals surface area contributed by atoms with Crippen LogP contribution in [0.1, 0.15) is 28.5 Å². The Hall–Kier alpha value is -3.54. The molecule has 3 aromatic carbocycles. The van der Waals surface area contributed by atoms with Crippen LogP contribution in [0.5, 0.6) is 0 Å². The third-order valence-electron chi connectivity index (χ3n) is 5.84. The molecule has 5 aromatic rings. The van der Waals surface area contributed by atoms with E-state index in [0.29, 0.717) is 29.7 Å². The third-order valence-corrected chi connectivity index (χ3v) is 6.34. The smallest absolute Gasteiger partial charge is 0.358 e. The second-order valence-corrected chi connectivity index (χ2v) is 9.11. The number of nitrogens with zero attached hydrogens (tertiary/aromatic N) is 3. The second-order valence-electron chi connectivity index (χ2n) is 8.23. The number of hydrogen-bond acceptors (Lipinski definition) is 3. The SMILES string of the molecule is CCOC(=O)c1cc(-c2cn(Cc3ccc(Cl)cc3)c3ccccc23)n(Cc2ccc(Cl)cc2)n1. The first-order chi connectivity index (χ1) is 17.0. The molecule has 0 bridgehead atoms. The highest BCUT2D eigenvalue weighted by Gasteiger charge is 2.20. The fraction of sp³-hybridized carbons (Fsp3) is 0.143. The fourth-order valence-corrected chi connectivity index (χ4v) is 4.44. The van der Waals surface area contributed by atoms with Crippen molar-refractivity contribution in [3.63, 3.8) is 0 Å². The molecule has 0 N–H and O–H groups in total. The van der Waals surface area contributed by atoms with Gasteiger partial charge in [-0.15, -0.1) is 0 Å². The zero-order valence-corrected chi connectivity index (χ0v) is 20.6. The van der Waals surface area contributed by atoms with Gasteiger partial charge in [0.2, 0.25) is 0 Å². The maximum Gasteiger partial charge on any atom is 0.358 e. The van der Waals surface area contributed by atoms with E-state index in [2.05, 4.69) is 28.0 Å². The molecule has 0 atom stereocenters. The lowest BCUT2D eigenvalue weighted by Crippen LogP contribution is -2.08. The molecule has 0 amide bonds. The summed E-state index contributed by atoms with van der Waals surface area (Å²) in [5.41, 5.74) is 5.38. The van der Waals surface area contributed by atoms with Crippen LogP contribution in [0.2, 0.25) is 10.0 Å². The number of rotatable bonds is 7. The van der Waals surface area contributed by atoms with Gasteiger partial charge in [-0.25, -0.2) is 4.79 Å². The van der Waals surface area contributed by atoms with Crippen molar-refractivity contribution in [3.8, 4) is 11.3 Å². The van der Waals surface area contributed by atoms with Crippen LogP contribution in [0.3, 0.4) is 0 Å². The molecule has 0 aliphatic carbocycles. The monoisotopic (exact) mass is 503 g/mol. The highest BCUT2D eigenvalue weighted by molar-refractivity contribution is 6.30. The van der Waals surface area contributed by atoms with Gasteiger partial charge in [-0.3, -0.25) is 4.68 Å². The Morgan fingerprint density at radius 1 is 0.886 bits per heavy atom. The number of benzene rings is 3.